The maximum absolute atomic E-state index is 14.5. The SMILES string of the molecule is CN(C)c1nc(C(F)(F)F)nc(C(F)(F)F)c1C(=Nc1c(Cl)cc(C(F)(F)F)cc1Cl)N(C(=O)OCC(Cl)(Cl)Cl)C(=O)OCC(Cl)(Cl)Cl. The van der Waals surface area contributed by atoms with Gasteiger partial charge in [0.2, 0.25) is 13.4 Å². The largest absolute Gasteiger partial charge is 0.451 e. The predicted octanol–water partition coefficient (Wildman–Crippen LogP) is 10.3. The van der Waals surface area contributed by atoms with Gasteiger partial charge in [-0.3, -0.25) is 0 Å². The maximum atomic E-state index is 14.5. The van der Waals surface area contributed by atoms with E-state index in [1.807, 2.05) is 0 Å². The maximum Gasteiger partial charge on any atom is 0.451 e. The van der Waals surface area contributed by atoms with E-state index in [1.165, 1.54) is 0 Å². The van der Waals surface area contributed by atoms with E-state index in [1.54, 1.807) is 0 Å². The topological polar surface area (TPSA) is 97.2 Å². The van der Waals surface area contributed by atoms with Gasteiger partial charge in [-0.05, 0) is 12.1 Å². The Morgan fingerprint density at radius 3 is 1.52 bits per heavy atom. The Balaban J connectivity index is 3.24. The molecule has 268 valence electrons. The smallest absolute Gasteiger partial charge is 0.444 e. The van der Waals surface area contributed by atoms with E-state index in [9.17, 15) is 49.1 Å². The van der Waals surface area contributed by atoms with Gasteiger partial charge in [0, 0.05) is 14.1 Å². The molecule has 0 radical (unpaired) electrons. The molecule has 0 aliphatic heterocycles. The number of amidine groups is 1. The second kappa shape index (κ2) is 15.2. The van der Waals surface area contributed by atoms with E-state index >= 15 is 0 Å². The van der Waals surface area contributed by atoms with Gasteiger partial charge in [-0.25, -0.2) is 24.5 Å². The number of imide groups is 1. The minimum Gasteiger partial charge on any atom is -0.444 e. The summed E-state index contributed by atoms with van der Waals surface area (Å²) >= 11 is 45.1. The Kier molecular flexibility index (Phi) is 13.4. The van der Waals surface area contributed by atoms with Crippen LogP contribution in [-0.2, 0) is 28.0 Å². The Hall–Kier alpha value is -1.80. The summed E-state index contributed by atoms with van der Waals surface area (Å²) in [5, 5.41) is -2.13. The van der Waals surface area contributed by atoms with Crippen LogP contribution in [0.1, 0.15) is 22.6 Å². The number of carbonyl (C=O) groups is 2. The summed E-state index contributed by atoms with van der Waals surface area (Å²) in [6, 6.07) is 0.384. The number of halogens is 17. The molecule has 0 unspecified atom stereocenters. The number of hydrogen-bond donors (Lipinski definition) is 0. The zero-order valence-electron chi connectivity index (χ0n) is 22.9. The summed E-state index contributed by atoms with van der Waals surface area (Å²) in [6.07, 6.45) is -20.8. The number of hydrogen-bond acceptors (Lipinski definition) is 8. The minimum absolute atomic E-state index is 0.192. The van der Waals surface area contributed by atoms with Gasteiger partial charge in [0.25, 0.3) is 0 Å². The van der Waals surface area contributed by atoms with Gasteiger partial charge >= 0.3 is 30.7 Å². The van der Waals surface area contributed by atoms with Crippen molar-refractivity contribution in [1.82, 2.24) is 14.9 Å². The second-order valence-electron chi connectivity index (χ2n) is 8.88. The van der Waals surface area contributed by atoms with E-state index in [4.69, 9.17) is 92.8 Å². The normalized spacial score (nSPS) is 13.4. The molecule has 0 saturated carbocycles. The van der Waals surface area contributed by atoms with E-state index in [2.05, 4.69) is 24.4 Å². The second-order valence-corrected chi connectivity index (χ2v) is 14.7. The van der Waals surface area contributed by atoms with Crippen molar-refractivity contribution >= 4 is 122 Å². The van der Waals surface area contributed by atoms with Crippen LogP contribution in [0.25, 0.3) is 0 Å². The van der Waals surface area contributed by atoms with Crippen molar-refractivity contribution < 1.29 is 58.6 Å². The molecular formula is C22H12Cl8F9N5O4. The molecule has 0 spiro atoms. The van der Waals surface area contributed by atoms with Crippen molar-refractivity contribution in [2.45, 2.75) is 26.1 Å². The van der Waals surface area contributed by atoms with Crippen LogP contribution in [0.3, 0.4) is 0 Å². The van der Waals surface area contributed by atoms with Crippen LogP contribution < -0.4 is 4.90 Å². The third-order valence-electron chi connectivity index (χ3n) is 4.92. The van der Waals surface area contributed by atoms with E-state index in [-0.39, 0.29) is 12.1 Å². The lowest BCUT2D eigenvalue weighted by Gasteiger charge is -2.27. The monoisotopic (exact) mass is 861 g/mol. The van der Waals surface area contributed by atoms with Crippen molar-refractivity contribution in [3.63, 3.8) is 0 Å². The molecular weight excluding hydrogens is 853 g/mol. The van der Waals surface area contributed by atoms with Gasteiger partial charge in [-0.15, -0.1) is 0 Å². The fourth-order valence-corrected chi connectivity index (χ4v) is 4.03. The Morgan fingerprint density at radius 2 is 1.19 bits per heavy atom. The van der Waals surface area contributed by atoms with E-state index < -0.39 is 106 Å². The summed E-state index contributed by atoms with van der Waals surface area (Å²) in [7, 11) is 1.74. The number of nitrogens with zero attached hydrogens (tertiary/aromatic N) is 5. The number of aromatic nitrogens is 2. The minimum atomic E-state index is -5.88. The number of benzene rings is 1. The molecule has 0 bridgehead atoms. The van der Waals surface area contributed by atoms with Crippen LogP contribution in [0.15, 0.2) is 17.1 Å². The van der Waals surface area contributed by atoms with Crippen molar-refractivity contribution in [3.8, 4) is 0 Å². The van der Waals surface area contributed by atoms with Crippen LogP contribution in [0, 0.1) is 0 Å². The molecule has 26 heteroatoms. The van der Waals surface area contributed by atoms with Crippen LogP contribution in [0.2, 0.25) is 10.0 Å². The van der Waals surface area contributed by atoms with Crippen molar-refractivity contribution in [1.29, 1.82) is 0 Å². The van der Waals surface area contributed by atoms with E-state index in [0.29, 0.717) is 4.90 Å². The lowest BCUT2D eigenvalue weighted by atomic mass is 10.1. The summed E-state index contributed by atoms with van der Waals surface area (Å²) in [6.45, 7) is -2.51. The van der Waals surface area contributed by atoms with Gasteiger partial charge in [0.05, 0.1) is 21.2 Å². The molecule has 0 atom stereocenters. The Labute approximate surface area is 302 Å². The average Bonchev–Trinajstić information content (AvgIpc) is 2.88. The lowest BCUT2D eigenvalue weighted by molar-refractivity contribution is -0.152. The van der Waals surface area contributed by atoms with Gasteiger partial charge in [-0.2, -0.15) is 44.4 Å². The highest BCUT2D eigenvalue weighted by Crippen LogP contribution is 2.43. The third-order valence-corrected chi connectivity index (χ3v) is 6.15. The highest BCUT2D eigenvalue weighted by atomic mass is 35.6. The zero-order valence-corrected chi connectivity index (χ0v) is 28.9. The molecule has 2 aromatic rings. The molecule has 0 fully saturated rings. The number of ether oxygens (including phenoxy) is 2. The Morgan fingerprint density at radius 1 is 0.750 bits per heavy atom. The molecule has 1 heterocycles. The summed E-state index contributed by atoms with van der Waals surface area (Å²) < 4.78 is 129. The van der Waals surface area contributed by atoms with Gasteiger partial charge in [-0.1, -0.05) is 92.8 Å². The molecule has 0 saturated heterocycles. The van der Waals surface area contributed by atoms with Crippen LogP contribution in [0.4, 0.5) is 60.6 Å². The third kappa shape index (κ3) is 11.6. The average molecular weight is 865 g/mol. The van der Waals surface area contributed by atoms with Crippen LogP contribution in [-0.4, -0.2) is 67.8 Å². The standard InChI is InChI=1S/C22H12Cl8F9N5O4/c1-43(2)13-10(12(21(34,35)36)41-15(42-13)22(37,38)39)14(40-11-8(23)3-7(4-9(11)24)20(31,32)33)44(16(45)47-5-18(25,26)27)17(46)48-6-19(28,29)30/h3-4H,5-6H2,1-2H3. The first kappa shape index (κ1) is 42.4. The number of anilines is 1. The highest BCUT2D eigenvalue weighted by Gasteiger charge is 2.47. The first-order valence-corrected chi connectivity index (χ1v) is 14.6. The molecule has 2 rings (SSSR count). The quantitative estimate of drug-likeness (QED) is 0.128. The van der Waals surface area contributed by atoms with E-state index in [0.717, 1.165) is 14.1 Å². The van der Waals surface area contributed by atoms with Gasteiger partial charge < -0.3 is 14.4 Å². The summed E-state index contributed by atoms with van der Waals surface area (Å²) in [4.78, 5) is 35.8. The molecule has 2 amide bonds. The van der Waals surface area contributed by atoms with Crippen molar-refractivity contribution in [2.75, 3.05) is 32.2 Å². The summed E-state index contributed by atoms with van der Waals surface area (Å²) in [5.74, 6) is -5.45. The molecule has 0 aliphatic carbocycles. The van der Waals surface area contributed by atoms with Crippen LogP contribution >= 0.6 is 92.8 Å². The number of carbonyl (C=O) groups excluding carboxylic acids is 2. The molecule has 1 aromatic carbocycles. The molecule has 0 aliphatic rings. The molecule has 0 N–H and O–H groups in total. The fourth-order valence-electron chi connectivity index (χ4n) is 3.13. The number of alkyl halides is 15. The van der Waals surface area contributed by atoms with Gasteiger partial charge in [0.15, 0.2) is 11.5 Å². The lowest BCUT2D eigenvalue weighted by Crippen LogP contribution is -2.46. The van der Waals surface area contributed by atoms with Crippen molar-refractivity contribution in [3.05, 3.63) is 44.8 Å². The van der Waals surface area contributed by atoms with Crippen LogP contribution in [0.5, 0.6) is 0 Å². The Bertz CT molecular complexity index is 1520. The zero-order chi connectivity index (χ0) is 37.4. The van der Waals surface area contributed by atoms with Gasteiger partial charge in [0.1, 0.15) is 24.7 Å². The molecule has 48 heavy (non-hydrogen) atoms. The fraction of sp³-hybridized carbons (Fsp3) is 0.409. The number of amides is 2. The first-order chi connectivity index (χ1) is 21.4. The predicted molar refractivity (Wildman–Crippen MR) is 159 cm³/mol. The molecule has 1 aromatic heterocycles. The van der Waals surface area contributed by atoms with Crippen molar-refractivity contribution in [2.24, 2.45) is 4.99 Å². The first-order valence-electron chi connectivity index (χ1n) is 11.6. The summed E-state index contributed by atoms with van der Waals surface area (Å²) in [5.41, 5.74) is -6.78. The highest BCUT2D eigenvalue weighted by molar-refractivity contribution is 6.68. The number of aliphatic imine (C=N–C) groups is 1. The molecule has 9 nitrogen and oxygen atoms in total. The number of rotatable bonds is 5.